The molecule has 0 bridgehead atoms. The Morgan fingerprint density at radius 1 is 1.09 bits per heavy atom. The van der Waals surface area contributed by atoms with Crippen molar-refractivity contribution in [2.75, 3.05) is 26.2 Å². The molecule has 5 nitrogen and oxygen atoms in total. The normalized spacial score (nSPS) is 15.8. The first-order valence-corrected chi connectivity index (χ1v) is 12.2. The van der Waals surface area contributed by atoms with Crippen LogP contribution in [0.25, 0.3) is 5.57 Å². The number of allylic oxidation sites excluding steroid dienone is 2. The van der Waals surface area contributed by atoms with Gasteiger partial charge in [-0.3, -0.25) is 4.79 Å². The second-order valence-corrected chi connectivity index (χ2v) is 9.85. The fourth-order valence-corrected chi connectivity index (χ4v) is 5.13. The predicted octanol–water partition coefficient (Wildman–Crippen LogP) is 5.55. The molecule has 0 unspecified atom stereocenters. The number of carbonyl (C=O) groups is 1. The van der Waals surface area contributed by atoms with Gasteiger partial charge < -0.3 is 14.4 Å². The lowest BCUT2D eigenvalue weighted by atomic mass is 9.68. The second kappa shape index (κ2) is 9.27. The van der Waals surface area contributed by atoms with Crippen LogP contribution in [0, 0.1) is 11.3 Å². The minimum atomic E-state index is -0.349. The molecule has 4 rings (SSSR count). The number of likely N-dealkylation sites (N-methyl/N-ethyl adjacent to an activating group) is 1. The highest BCUT2D eigenvalue weighted by molar-refractivity contribution is 6.33. The molecule has 0 fully saturated rings. The summed E-state index contributed by atoms with van der Waals surface area (Å²) in [7, 11) is 0. The van der Waals surface area contributed by atoms with E-state index in [1.165, 1.54) is 0 Å². The third-order valence-electron chi connectivity index (χ3n) is 7.08. The molecular weight excluding hydrogens is 424 g/mol. The summed E-state index contributed by atoms with van der Waals surface area (Å²) < 4.78 is 12.3. The number of Topliss-reactive ketones (excluding diaryl/α,β-unsaturated/α-hetero) is 1. The molecule has 0 aromatic heterocycles. The largest absolute Gasteiger partial charge is 0.488 e. The molecule has 2 aromatic rings. The predicted molar refractivity (Wildman–Crippen MR) is 135 cm³/mol. The van der Waals surface area contributed by atoms with Gasteiger partial charge in [0.2, 0.25) is 0 Å². The molecule has 0 amide bonds. The van der Waals surface area contributed by atoms with Crippen molar-refractivity contribution in [1.29, 1.82) is 5.26 Å². The summed E-state index contributed by atoms with van der Waals surface area (Å²) in [5, 5.41) is 9.33. The Bertz CT molecular complexity index is 1200. The fourth-order valence-electron chi connectivity index (χ4n) is 5.13. The van der Waals surface area contributed by atoms with E-state index in [0.29, 0.717) is 35.7 Å². The summed E-state index contributed by atoms with van der Waals surface area (Å²) in [6.07, 6.45) is 0.641. The van der Waals surface area contributed by atoms with E-state index < -0.39 is 0 Å². The van der Waals surface area contributed by atoms with Crippen LogP contribution >= 0.6 is 0 Å². The van der Waals surface area contributed by atoms with Gasteiger partial charge >= 0.3 is 0 Å². The van der Waals surface area contributed by atoms with Crippen molar-refractivity contribution in [3.63, 3.8) is 0 Å². The molecule has 0 radical (unpaired) electrons. The molecule has 2 aromatic carbocycles. The summed E-state index contributed by atoms with van der Waals surface area (Å²) >= 11 is 0. The highest BCUT2D eigenvalue weighted by Crippen LogP contribution is 2.51. The zero-order valence-corrected chi connectivity index (χ0v) is 21.1. The Morgan fingerprint density at radius 3 is 2.47 bits per heavy atom. The van der Waals surface area contributed by atoms with Gasteiger partial charge in [-0.2, -0.15) is 5.26 Å². The van der Waals surface area contributed by atoms with E-state index in [4.69, 9.17) is 9.47 Å². The number of rotatable bonds is 8. The Hall–Kier alpha value is -3.10. The average molecular weight is 459 g/mol. The number of ether oxygens (including phenoxy) is 2. The number of hydrogen-bond donors (Lipinski definition) is 0. The van der Waals surface area contributed by atoms with Gasteiger partial charge in [0, 0.05) is 23.1 Å². The Balaban J connectivity index is 1.75. The number of nitriles is 1. The number of nitrogens with zero attached hydrogens (tertiary/aromatic N) is 2. The van der Waals surface area contributed by atoms with Crippen LogP contribution in [-0.4, -0.2) is 43.0 Å². The van der Waals surface area contributed by atoms with Gasteiger partial charge in [0.25, 0.3) is 0 Å². The smallest absolute Gasteiger partial charge is 0.194 e. The van der Waals surface area contributed by atoms with Gasteiger partial charge in [-0.1, -0.05) is 33.8 Å². The van der Waals surface area contributed by atoms with Crippen molar-refractivity contribution in [2.24, 2.45) is 0 Å². The molecule has 0 N–H and O–H groups in total. The van der Waals surface area contributed by atoms with Gasteiger partial charge in [-0.25, -0.2) is 0 Å². The van der Waals surface area contributed by atoms with E-state index in [0.717, 1.165) is 47.5 Å². The minimum absolute atomic E-state index is 0.0241. The molecule has 0 spiro atoms. The van der Waals surface area contributed by atoms with Crippen LogP contribution < -0.4 is 9.47 Å². The molecule has 0 atom stereocenters. The molecule has 2 aliphatic carbocycles. The second-order valence-electron chi connectivity index (χ2n) is 9.85. The average Bonchev–Trinajstić information content (AvgIpc) is 3.20. The van der Waals surface area contributed by atoms with Gasteiger partial charge in [-0.15, -0.1) is 0 Å². The first kappa shape index (κ1) is 24.0. The number of ketones is 1. The third kappa shape index (κ3) is 4.12. The summed E-state index contributed by atoms with van der Waals surface area (Å²) in [6, 6.07) is 11.7. The van der Waals surface area contributed by atoms with E-state index in [1.807, 2.05) is 38.1 Å². The Labute approximate surface area is 203 Å². The van der Waals surface area contributed by atoms with Crippen LogP contribution in [-0.2, 0) is 11.8 Å². The van der Waals surface area contributed by atoms with Crippen molar-refractivity contribution in [3.05, 3.63) is 63.7 Å². The highest BCUT2D eigenvalue weighted by atomic mass is 16.5. The lowest BCUT2D eigenvalue weighted by Crippen LogP contribution is -2.30. The van der Waals surface area contributed by atoms with Crippen molar-refractivity contribution in [2.45, 2.75) is 59.5 Å². The molecule has 0 heterocycles. The summed E-state index contributed by atoms with van der Waals surface area (Å²) in [5.74, 6) is 1.32. The first-order valence-electron chi connectivity index (χ1n) is 12.2. The molecule has 0 saturated heterocycles. The quantitative estimate of drug-likeness (QED) is 0.519. The zero-order chi connectivity index (χ0) is 24.6. The number of hydrogen-bond acceptors (Lipinski definition) is 5. The lowest BCUT2D eigenvalue weighted by Gasteiger charge is -2.35. The molecule has 0 aliphatic heterocycles. The van der Waals surface area contributed by atoms with Crippen molar-refractivity contribution < 1.29 is 14.3 Å². The minimum Gasteiger partial charge on any atom is -0.488 e. The van der Waals surface area contributed by atoms with Crippen LogP contribution in [0.4, 0.5) is 0 Å². The molecule has 0 saturated carbocycles. The van der Waals surface area contributed by atoms with Crippen LogP contribution in [0.5, 0.6) is 11.5 Å². The monoisotopic (exact) mass is 458 g/mol. The lowest BCUT2D eigenvalue weighted by molar-refractivity contribution is 0.105. The maximum atomic E-state index is 13.8. The van der Waals surface area contributed by atoms with Gasteiger partial charge in [-0.05, 0) is 79.9 Å². The van der Waals surface area contributed by atoms with Crippen LogP contribution in [0.3, 0.4) is 0 Å². The Morgan fingerprint density at radius 2 is 1.82 bits per heavy atom. The maximum Gasteiger partial charge on any atom is 0.194 e. The number of carbonyl (C=O) groups excluding carboxylic acids is 1. The van der Waals surface area contributed by atoms with Gasteiger partial charge in [0.1, 0.15) is 6.61 Å². The van der Waals surface area contributed by atoms with Gasteiger partial charge in [0.15, 0.2) is 17.3 Å². The standard InChI is InChI=1S/C29H34N2O3/c1-7-31(8-2)11-12-33-25-16-23-22(15-26(25)34-18(3)4)28(32)27-21-10-9-19(17-30)13-20(21)14-24(27)29(23,5)6/h9-10,13,15-16,18H,7-8,11-12,14H2,1-6H3. The van der Waals surface area contributed by atoms with E-state index in [9.17, 15) is 10.1 Å². The molecule has 2 aliphatic rings. The van der Waals surface area contributed by atoms with E-state index in [2.05, 4.69) is 38.7 Å². The number of benzene rings is 2. The number of fused-ring (bicyclic) bond motifs is 3. The van der Waals surface area contributed by atoms with Crippen molar-refractivity contribution >= 4 is 11.4 Å². The Kier molecular flexibility index (Phi) is 6.55. The summed E-state index contributed by atoms with van der Waals surface area (Å²) in [4.78, 5) is 16.1. The SMILES string of the molecule is CCN(CC)CCOc1cc2c(cc1OC(C)C)C(=O)C1=C(Cc3cc(C#N)ccc31)C2(C)C. The van der Waals surface area contributed by atoms with Gasteiger partial charge in [0.05, 0.1) is 17.7 Å². The van der Waals surface area contributed by atoms with E-state index >= 15 is 0 Å². The first-order chi connectivity index (χ1) is 16.2. The molecule has 34 heavy (non-hydrogen) atoms. The summed E-state index contributed by atoms with van der Waals surface area (Å²) in [5.41, 5.74) is 5.81. The van der Waals surface area contributed by atoms with Crippen LogP contribution in [0.2, 0.25) is 0 Å². The van der Waals surface area contributed by atoms with E-state index in [1.54, 1.807) is 6.07 Å². The van der Waals surface area contributed by atoms with Crippen molar-refractivity contribution in [1.82, 2.24) is 4.90 Å². The maximum absolute atomic E-state index is 13.8. The van der Waals surface area contributed by atoms with Crippen LogP contribution in [0.15, 0.2) is 35.9 Å². The zero-order valence-electron chi connectivity index (χ0n) is 21.1. The molecular formula is C29H34N2O3. The third-order valence-corrected chi connectivity index (χ3v) is 7.08. The van der Waals surface area contributed by atoms with E-state index in [-0.39, 0.29) is 17.3 Å². The van der Waals surface area contributed by atoms with Crippen LogP contribution in [0.1, 0.15) is 74.2 Å². The molecule has 5 heteroatoms. The fraction of sp³-hybridized carbons (Fsp3) is 0.448. The van der Waals surface area contributed by atoms with Crippen molar-refractivity contribution in [3.8, 4) is 17.6 Å². The summed E-state index contributed by atoms with van der Waals surface area (Å²) in [6.45, 7) is 15.9. The molecule has 178 valence electrons. The topological polar surface area (TPSA) is 62.6 Å². The highest BCUT2D eigenvalue weighted by Gasteiger charge is 2.43.